The van der Waals surface area contributed by atoms with Gasteiger partial charge in [-0.05, 0) is 25.1 Å². The monoisotopic (exact) mass is 253 g/mol. The van der Waals surface area contributed by atoms with Crippen LogP contribution in [0.15, 0.2) is 18.2 Å². The van der Waals surface area contributed by atoms with Crippen molar-refractivity contribution in [1.29, 1.82) is 0 Å². The molecule has 0 saturated carbocycles. The lowest BCUT2D eigenvalue weighted by atomic mass is 10.1. The predicted molar refractivity (Wildman–Crippen MR) is 61.8 cm³/mol. The first kappa shape index (κ1) is 12.4. The zero-order valence-electron chi connectivity index (χ0n) is 9.48. The van der Waals surface area contributed by atoms with Crippen LogP contribution in [-0.4, -0.2) is 30.0 Å². The third-order valence-electron chi connectivity index (χ3n) is 2.80. The normalized spacial score (nSPS) is 18.6. The Labute approximate surface area is 102 Å². The van der Waals surface area contributed by atoms with Crippen LogP contribution in [-0.2, 0) is 0 Å². The molecule has 2 rings (SSSR count). The second kappa shape index (κ2) is 5.09. The van der Waals surface area contributed by atoms with Crippen molar-refractivity contribution in [2.45, 2.75) is 12.5 Å². The van der Waals surface area contributed by atoms with E-state index in [0.717, 1.165) is 31.2 Å². The molecule has 1 aromatic carbocycles. The molecule has 1 amide bonds. The molecular weight excluding hydrogens is 241 g/mol. The number of hydrogen-bond acceptors (Lipinski definition) is 4. The van der Waals surface area contributed by atoms with Crippen LogP contribution in [0.3, 0.4) is 0 Å². The molecule has 1 heterocycles. The number of halogens is 1. The van der Waals surface area contributed by atoms with Crippen molar-refractivity contribution in [1.82, 2.24) is 10.6 Å². The molecule has 0 radical (unpaired) electrons. The van der Waals surface area contributed by atoms with Crippen LogP contribution in [0.4, 0.5) is 10.1 Å². The second-order valence-electron chi connectivity index (χ2n) is 4.08. The Kier molecular flexibility index (Phi) is 3.52. The van der Waals surface area contributed by atoms with Crippen molar-refractivity contribution in [3.63, 3.8) is 0 Å². The molecule has 1 atom stereocenters. The summed E-state index contributed by atoms with van der Waals surface area (Å²) in [6.45, 7) is 1.44. The van der Waals surface area contributed by atoms with Crippen molar-refractivity contribution in [3.8, 4) is 0 Å². The zero-order chi connectivity index (χ0) is 13.1. The first-order valence-corrected chi connectivity index (χ1v) is 5.53. The minimum atomic E-state index is -0.759. The van der Waals surface area contributed by atoms with Gasteiger partial charge < -0.3 is 10.6 Å². The van der Waals surface area contributed by atoms with Gasteiger partial charge in [0, 0.05) is 12.6 Å². The quantitative estimate of drug-likeness (QED) is 0.617. The lowest BCUT2D eigenvalue weighted by molar-refractivity contribution is -0.385. The Morgan fingerprint density at radius 2 is 2.33 bits per heavy atom. The van der Waals surface area contributed by atoms with E-state index in [1.165, 1.54) is 0 Å². The standard InChI is InChI=1S/C11H12FN3O3/c12-7-1-2-9(10(5-7)15(17)18)11(16)14-8-3-4-13-6-8/h1-2,5,8,13H,3-4,6H2,(H,14,16)/t8-/m0/s1. The molecule has 0 bridgehead atoms. The average Bonchev–Trinajstić information content (AvgIpc) is 2.81. The molecule has 1 aliphatic heterocycles. The Balaban J connectivity index is 2.20. The Morgan fingerprint density at radius 1 is 1.56 bits per heavy atom. The first-order valence-electron chi connectivity index (χ1n) is 5.53. The molecule has 1 aliphatic rings. The molecule has 1 saturated heterocycles. The lowest BCUT2D eigenvalue weighted by Gasteiger charge is -2.11. The Bertz CT molecular complexity index is 486. The number of amides is 1. The second-order valence-corrected chi connectivity index (χ2v) is 4.08. The van der Waals surface area contributed by atoms with Crippen molar-refractivity contribution >= 4 is 11.6 Å². The van der Waals surface area contributed by atoms with Crippen LogP contribution in [0, 0.1) is 15.9 Å². The van der Waals surface area contributed by atoms with Gasteiger partial charge in [0.1, 0.15) is 11.4 Å². The van der Waals surface area contributed by atoms with Gasteiger partial charge >= 0.3 is 0 Å². The smallest absolute Gasteiger partial charge is 0.285 e. The van der Waals surface area contributed by atoms with E-state index in [4.69, 9.17) is 0 Å². The van der Waals surface area contributed by atoms with Gasteiger partial charge in [0.05, 0.1) is 11.0 Å². The van der Waals surface area contributed by atoms with Crippen molar-refractivity contribution < 1.29 is 14.1 Å². The van der Waals surface area contributed by atoms with E-state index in [9.17, 15) is 19.3 Å². The molecule has 1 fully saturated rings. The van der Waals surface area contributed by atoms with Gasteiger partial charge in [0.15, 0.2) is 0 Å². The molecule has 0 aromatic heterocycles. The Hall–Kier alpha value is -2.02. The minimum absolute atomic E-state index is 0.0397. The van der Waals surface area contributed by atoms with Gasteiger partial charge in [-0.1, -0.05) is 0 Å². The van der Waals surface area contributed by atoms with E-state index in [1.807, 2.05) is 0 Å². The van der Waals surface area contributed by atoms with Gasteiger partial charge in [0.2, 0.25) is 0 Å². The number of rotatable bonds is 3. The van der Waals surface area contributed by atoms with Crippen molar-refractivity contribution in [2.75, 3.05) is 13.1 Å². The highest BCUT2D eigenvalue weighted by molar-refractivity contribution is 5.98. The van der Waals surface area contributed by atoms with E-state index in [2.05, 4.69) is 10.6 Å². The number of nitrogens with zero attached hydrogens (tertiary/aromatic N) is 1. The zero-order valence-corrected chi connectivity index (χ0v) is 9.48. The highest BCUT2D eigenvalue weighted by Gasteiger charge is 2.24. The summed E-state index contributed by atoms with van der Waals surface area (Å²) in [5, 5.41) is 16.5. The van der Waals surface area contributed by atoms with Crippen LogP contribution in [0.2, 0.25) is 0 Å². The maximum atomic E-state index is 12.9. The van der Waals surface area contributed by atoms with Gasteiger partial charge in [0.25, 0.3) is 11.6 Å². The number of nitro groups is 1. The van der Waals surface area contributed by atoms with Gasteiger partial charge in [-0.2, -0.15) is 0 Å². The molecule has 96 valence electrons. The maximum Gasteiger partial charge on any atom is 0.285 e. The number of nitro benzene ring substituents is 1. The van der Waals surface area contributed by atoms with Gasteiger partial charge in [-0.15, -0.1) is 0 Å². The number of carbonyl (C=O) groups is 1. The third-order valence-corrected chi connectivity index (χ3v) is 2.80. The van der Waals surface area contributed by atoms with Crippen LogP contribution >= 0.6 is 0 Å². The van der Waals surface area contributed by atoms with Crippen LogP contribution in [0.1, 0.15) is 16.8 Å². The van der Waals surface area contributed by atoms with E-state index < -0.39 is 22.3 Å². The number of carbonyl (C=O) groups excluding carboxylic acids is 1. The van der Waals surface area contributed by atoms with E-state index in [1.54, 1.807) is 0 Å². The number of nitrogens with one attached hydrogen (secondary N) is 2. The molecule has 1 aromatic rings. The summed E-state index contributed by atoms with van der Waals surface area (Å²) in [5.74, 6) is -1.28. The summed E-state index contributed by atoms with van der Waals surface area (Å²) < 4.78 is 12.9. The summed E-state index contributed by atoms with van der Waals surface area (Å²) in [7, 11) is 0. The lowest BCUT2D eigenvalue weighted by Crippen LogP contribution is -2.36. The molecule has 0 unspecified atom stereocenters. The summed E-state index contributed by atoms with van der Waals surface area (Å²) in [5.41, 5.74) is -0.633. The molecular formula is C11H12FN3O3. The highest BCUT2D eigenvalue weighted by atomic mass is 19.1. The third kappa shape index (κ3) is 2.62. The largest absolute Gasteiger partial charge is 0.348 e. The SMILES string of the molecule is O=C(N[C@H]1CCNC1)c1ccc(F)cc1[N+](=O)[O-]. The van der Waals surface area contributed by atoms with Crippen molar-refractivity contribution in [2.24, 2.45) is 0 Å². The van der Waals surface area contributed by atoms with Gasteiger partial charge in [-0.25, -0.2) is 4.39 Å². The van der Waals surface area contributed by atoms with E-state index >= 15 is 0 Å². The first-order chi connectivity index (χ1) is 8.58. The number of hydrogen-bond donors (Lipinski definition) is 2. The van der Waals surface area contributed by atoms with E-state index in [0.29, 0.717) is 6.54 Å². The summed E-state index contributed by atoms with van der Waals surface area (Å²) in [4.78, 5) is 21.9. The summed E-state index contributed by atoms with van der Waals surface area (Å²) >= 11 is 0. The molecule has 18 heavy (non-hydrogen) atoms. The van der Waals surface area contributed by atoms with Gasteiger partial charge in [-0.3, -0.25) is 14.9 Å². The van der Waals surface area contributed by atoms with E-state index in [-0.39, 0.29) is 11.6 Å². The van der Waals surface area contributed by atoms with Crippen LogP contribution < -0.4 is 10.6 Å². The van der Waals surface area contributed by atoms with Crippen LogP contribution in [0.25, 0.3) is 0 Å². The fourth-order valence-corrected chi connectivity index (χ4v) is 1.89. The molecule has 6 nitrogen and oxygen atoms in total. The molecule has 0 spiro atoms. The molecule has 0 aliphatic carbocycles. The van der Waals surface area contributed by atoms with Crippen LogP contribution in [0.5, 0.6) is 0 Å². The minimum Gasteiger partial charge on any atom is -0.348 e. The molecule has 7 heteroatoms. The topological polar surface area (TPSA) is 84.3 Å². The predicted octanol–water partition coefficient (Wildman–Crippen LogP) is 0.826. The number of benzene rings is 1. The molecule has 2 N–H and O–H groups in total. The summed E-state index contributed by atoms with van der Waals surface area (Å²) in [6, 6.07) is 2.88. The fourth-order valence-electron chi connectivity index (χ4n) is 1.89. The average molecular weight is 253 g/mol. The fraction of sp³-hybridized carbons (Fsp3) is 0.364. The Morgan fingerprint density at radius 3 is 2.94 bits per heavy atom. The van der Waals surface area contributed by atoms with Crippen molar-refractivity contribution in [3.05, 3.63) is 39.7 Å². The maximum absolute atomic E-state index is 12.9. The highest BCUT2D eigenvalue weighted by Crippen LogP contribution is 2.20. The summed E-state index contributed by atoms with van der Waals surface area (Å²) in [6.07, 6.45) is 0.779.